The van der Waals surface area contributed by atoms with Crippen molar-refractivity contribution in [2.45, 2.75) is 140 Å². The van der Waals surface area contributed by atoms with Gasteiger partial charge in [-0.25, -0.2) is 4.79 Å². The molecule has 0 spiro atoms. The third kappa shape index (κ3) is 14.2. The van der Waals surface area contributed by atoms with Crippen molar-refractivity contribution in [1.29, 1.82) is 0 Å². The van der Waals surface area contributed by atoms with E-state index in [4.69, 9.17) is 19.0 Å². The van der Waals surface area contributed by atoms with Crippen LogP contribution in [0.4, 0.5) is 0 Å². The van der Waals surface area contributed by atoms with E-state index in [1.165, 1.54) is 67.0 Å². The summed E-state index contributed by atoms with van der Waals surface area (Å²) in [7, 11) is 1.00. The first-order valence-corrected chi connectivity index (χ1v) is 19.7. The van der Waals surface area contributed by atoms with E-state index in [0.29, 0.717) is 23.7 Å². The highest BCUT2D eigenvalue weighted by atomic mass is 16.6. The minimum atomic E-state index is -0.307. The second kappa shape index (κ2) is 22.0. The number of carbonyl (C=O) groups is 2. The molecule has 3 unspecified atom stereocenters. The average molecular weight is 719 g/mol. The van der Waals surface area contributed by atoms with Gasteiger partial charge in [0.2, 0.25) is 0 Å². The zero-order valence-electron chi connectivity index (χ0n) is 34.3. The molecule has 2 saturated carbocycles. The van der Waals surface area contributed by atoms with E-state index in [2.05, 4.69) is 110 Å². The smallest absolute Gasteiger partial charge is 0.334 e. The highest BCUT2D eigenvalue weighted by Gasteiger charge is 2.41. The standard InChI is InChI=1S/C19H28O4.C16H22O.C8H10.C2H6.CH4O/c1-13-5-14-7-15(6-13)10-19(2,9-14)4-3-16-8-17(11-22-12-20)23-18(16)21;1-5-16(4,6-2)11-14-10-13-9-12(3)7-8-15(13)17-14;1-7-3-5-8(2)6-4-7;2*1-2/h3,12-15,17H,4-11H2,1-2H3;7-10H,5-6,11H2,1-4H3;3-6H,1-2H3;1-2H3;2H,1H3/b16-3+;;;;. The molecule has 2 heterocycles. The molecule has 3 aliphatic rings. The van der Waals surface area contributed by atoms with Crippen molar-refractivity contribution < 1.29 is 28.6 Å². The average Bonchev–Trinajstić information content (AvgIpc) is 3.70. The lowest BCUT2D eigenvalue weighted by Crippen LogP contribution is -2.35. The topological polar surface area (TPSA) is 86.0 Å². The van der Waals surface area contributed by atoms with Crippen LogP contribution in [0.15, 0.2) is 64.6 Å². The molecule has 1 aliphatic heterocycles. The number of hydrogen-bond donors (Lipinski definition) is 1. The summed E-state index contributed by atoms with van der Waals surface area (Å²) >= 11 is 0. The van der Waals surface area contributed by atoms with E-state index >= 15 is 0 Å². The number of esters is 1. The number of furan rings is 1. The van der Waals surface area contributed by atoms with Gasteiger partial charge < -0.3 is 19.0 Å². The molecule has 6 heteroatoms. The maximum atomic E-state index is 11.9. The fourth-order valence-corrected chi connectivity index (χ4v) is 8.11. The lowest BCUT2D eigenvalue weighted by molar-refractivity contribution is -0.144. The number of cyclic esters (lactones) is 1. The Morgan fingerprint density at radius 2 is 1.46 bits per heavy atom. The molecule has 0 radical (unpaired) electrons. The maximum Gasteiger partial charge on any atom is 0.334 e. The minimum absolute atomic E-state index is 0.159. The molecule has 3 aromatic rings. The summed E-state index contributed by atoms with van der Waals surface area (Å²) in [4.78, 5) is 22.2. The first kappa shape index (κ1) is 44.8. The van der Waals surface area contributed by atoms with E-state index in [1.807, 2.05) is 13.8 Å². The zero-order chi connectivity index (χ0) is 38.9. The van der Waals surface area contributed by atoms with E-state index in [1.54, 1.807) is 0 Å². The Hall–Kier alpha value is -3.38. The van der Waals surface area contributed by atoms with Gasteiger partial charge in [0.25, 0.3) is 6.47 Å². The molecule has 6 nitrogen and oxygen atoms in total. The molecule has 3 atom stereocenters. The molecule has 2 bridgehead atoms. The SMILES string of the molecule is CC.CC1CC2CC(C1)CC(C)(C/C=C1\CC(COC=O)OC1=O)C2.CCC(C)(CC)Cc1cc2cc(C)ccc2o1.CO.Cc1ccc(C)cc1. The molecule has 1 aromatic heterocycles. The van der Waals surface area contributed by atoms with E-state index in [-0.39, 0.29) is 18.7 Å². The van der Waals surface area contributed by atoms with Crippen molar-refractivity contribution in [2.24, 2.45) is 28.6 Å². The fourth-order valence-electron chi connectivity index (χ4n) is 8.11. The number of rotatable bonds is 9. The van der Waals surface area contributed by atoms with Crippen molar-refractivity contribution in [3.8, 4) is 0 Å². The molecule has 2 aliphatic carbocycles. The van der Waals surface area contributed by atoms with Crippen LogP contribution >= 0.6 is 0 Å². The number of allylic oxidation sites excluding steroid dienone is 1. The highest BCUT2D eigenvalue weighted by molar-refractivity contribution is 5.90. The van der Waals surface area contributed by atoms with Gasteiger partial charge >= 0.3 is 5.97 Å². The Morgan fingerprint density at radius 1 is 0.904 bits per heavy atom. The number of aryl methyl sites for hydroxylation is 3. The molecule has 2 aromatic carbocycles. The van der Waals surface area contributed by atoms with Crippen LogP contribution in [0.5, 0.6) is 0 Å². The lowest BCUT2D eigenvalue weighted by Gasteiger charge is -2.47. The van der Waals surface area contributed by atoms with Gasteiger partial charge in [0.05, 0.1) is 0 Å². The largest absolute Gasteiger partial charge is 0.464 e. The van der Waals surface area contributed by atoms with Crippen molar-refractivity contribution >= 4 is 23.4 Å². The van der Waals surface area contributed by atoms with Gasteiger partial charge in [-0.2, -0.15) is 0 Å². The predicted molar refractivity (Wildman–Crippen MR) is 215 cm³/mol. The normalized spacial score (nSPS) is 24.1. The van der Waals surface area contributed by atoms with Crippen LogP contribution in [0.2, 0.25) is 0 Å². The molecule has 1 saturated heterocycles. The Kier molecular flexibility index (Phi) is 18.9. The van der Waals surface area contributed by atoms with Crippen molar-refractivity contribution in [3.05, 3.63) is 82.6 Å². The van der Waals surface area contributed by atoms with Gasteiger partial charge in [-0.15, -0.1) is 0 Å². The molecule has 0 amide bonds. The van der Waals surface area contributed by atoms with Gasteiger partial charge in [-0.1, -0.05) is 114 Å². The van der Waals surface area contributed by atoms with E-state index < -0.39 is 0 Å². The van der Waals surface area contributed by atoms with Crippen LogP contribution in [0.25, 0.3) is 11.0 Å². The monoisotopic (exact) mass is 719 g/mol. The van der Waals surface area contributed by atoms with Crippen LogP contribution in [0, 0.1) is 49.4 Å². The quantitative estimate of drug-likeness (QED) is 0.135. The van der Waals surface area contributed by atoms with Gasteiger partial charge in [-0.3, -0.25) is 4.79 Å². The number of carbonyl (C=O) groups excluding carboxylic acids is 2. The number of aliphatic hydroxyl groups excluding tert-OH is 1. The number of fused-ring (bicyclic) bond motifs is 3. The molecule has 52 heavy (non-hydrogen) atoms. The fraction of sp³-hybridized carbons (Fsp3) is 0.609. The third-order valence-corrected chi connectivity index (χ3v) is 11.1. The highest BCUT2D eigenvalue weighted by Crippen LogP contribution is 2.52. The Labute approximate surface area is 315 Å². The van der Waals surface area contributed by atoms with Gasteiger partial charge in [-0.05, 0) is 106 Å². The Morgan fingerprint density at radius 3 is 2.00 bits per heavy atom. The summed E-state index contributed by atoms with van der Waals surface area (Å²) in [6.45, 7) is 22.5. The molecule has 290 valence electrons. The Bertz CT molecular complexity index is 1470. The first-order chi connectivity index (χ1) is 24.8. The summed E-state index contributed by atoms with van der Waals surface area (Å²) < 4.78 is 15.9. The van der Waals surface area contributed by atoms with Gasteiger partial charge in [0.15, 0.2) is 0 Å². The molecule has 6 rings (SSSR count). The van der Waals surface area contributed by atoms with Gasteiger partial charge in [0, 0.05) is 30.9 Å². The van der Waals surface area contributed by atoms with Crippen molar-refractivity contribution in [2.75, 3.05) is 13.7 Å². The van der Waals surface area contributed by atoms with Crippen LogP contribution in [-0.2, 0) is 25.5 Å². The minimum Gasteiger partial charge on any atom is -0.464 e. The first-order valence-electron chi connectivity index (χ1n) is 19.7. The van der Waals surface area contributed by atoms with E-state index in [9.17, 15) is 9.59 Å². The summed E-state index contributed by atoms with van der Waals surface area (Å²) in [5.74, 6) is 3.50. The number of ether oxygens (including phenoxy) is 2. The summed E-state index contributed by atoms with van der Waals surface area (Å²) in [5, 5.41) is 8.23. The second-order valence-corrected chi connectivity index (χ2v) is 16.0. The Balaban J connectivity index is 0.000000282. The van der Waals surface area contributed by atoms with Crippen LogP contribution in [0.1, 0.15) is 129 Å². The molecule has 3 fully saturated rings. The number of benzene rings is 2. The van der Waals surface area contributed by atoms with Gasteiger partial charge in [0.1, 0.15) is 24.1 Å². The lowest BCUT2D eigenvalue weighted by atomic mass is 9.58. The van der Waals surface area contributed by atoms with Crippen LogP contribution in [0.3, 0.4) is 0 Å². The molecular weight excluding hydrogens is 649 g/mol. The number of aliphatic hydroxyl groups is 1. The van der Waals surface area contributed by atoms with Crippen molar-refractivity contribution in [1.82, 2.24) is 0 Å². The van der Waals surface area contributed by atoms with Crippen LogP contribution < -0.4 is 0 Å². The molecule has 1 N–H and O–H groups in total. The third-order valence-electron chi connectivity index (χ3n) is 11.1. The maximum absolute atomic E-state index is 11.9. The predicted octanol–water partition coefficient (Wildman–Crippen LogP) is 11.7. The van der Waals surface area contributed by atoms with Crippen molar-refractivity contribution in [3.63, 3.8) is 0 Å². The number of hydrogen-bond acceptors (Lipinski definition) is 6. The van der Waals surface area contributed by atoms with Crippen LogP contribution in [-0.4, -0.2) is 37.4 Å². The second-order valence-electron chi connectivity index (χ2n) is 16.0. The molecular formula is C46H70O6. The van der Waals surface area contributed by atoms with E-state index in [0.717, 1.165) is 54.6 Å². The summed E-state index contributed by atoms with van der Waals surface area (Å²) in [6, 6.07) is 17.1. The summed E-state index contributed by atoms with van der Waals surface area (Å²) in [5.41, 5.74) is 6.40. The summed E-state index contributed by atoms with van der Waals surface area (Å²) in [6.07, 6.45) is 13.4. The zero-order valence-corrected chi connectivity index (χ0v) is 34.3.